The van der Waals surface area contributed by atoms with Crippen LogP contribution in [-0.4, -0.2) is 27.3 Å². The number of nitrogens with two attached hydrogens (primary N) is 1. The van der Waals surface area contributed by atoms with Crippen molar-refractivity contribution in [2.75, 3.05) is 17.5 Å². The molecule has 4 N–H and O–H groups in total. The minimum absolute atomic E-state index is 0.241. The molecular formula is C12H19N3O2S. The van der Waals surface area contributed by atoms with E-state index < -0.39 is 10.0 Å². The summed E-state index contributed by atoms with van der Waals surface area (Å²) in [6.07, 6.45) is 3.06. The number of hydrogen-bond donors (Lipinski definition) is 3. The first-order chi connectivity index (χ1) is 8.44. The van der Waals surface area contributed by atoms with Crippen LogP contribution in [0.3, 0.4) is 0 Å². The average Bonchev–Trinajstić information content (AvgIpc) is 2.28. The van der Waals surface area contributed by atoms with Crippen molar-refractivity contribution < 1.29 is 8.42 Å². The van der Waals surface area contributed by atoms with Crippen LogP contribution >= 0.6 is 0 Å². The van der Waals surface area contributed by atoms with Crippen molar-refractivity contribution in [1.29, 1.82) is 0 Å². The van der Waals surface area contributed by atoms with Gasteiger partial charge in [0.05, 0.1) is 6.26 Å². The highest BCUT2D eigenvalue weighted by Crippen LogP contribution is 2.23. The van der Waals surface area contributed by atoms with E-state index in [-0.39, 0.29) is 12.1 Å². The predicted octanol–water partition coefficient (Wildman–Crippen LogP) is 0.810. The topological polar surface area (TPSA) is 84.2 Å². The van der Waals surface area contributed by atoms with Crippen molar-refractivity contribution in [2.45, 2.75) is 24.9 Å². The highest BCUT2D eigenvalue weighted by molar-refractivity contribution is 7.92. The molecule has 1 heterocycles. The lowest BCUT2D eigenvalue weighted by Gasteiger charge is -2.28. The normalized spacial score (nSPS) is 24.8. The maximum atomic E-state index is 11.1. The van der Waals surface area contributed by atoms with Gasteiger partial charge in [0, 0.05) is 17.8 Å². The fourth-order valence-corrected chi connectivity index (χ4v) is 2.76. The van der Waals surface area contributed by atoms with Crippen LogP contribution in [-0.2, 0) is 10.0 Å². The van der Waals surface area contributed by atoms with E-state index in [4.69, 9.17) is 5.73 Å². The Kier molecular flexibility index (Phi) is 3.89. The molecule has 0 saturated carbocycles. The molecule has 0 bridgehead atoms. The number of anilines is 1. The first-order valence-corrected chi connectivity index (χ1v) is 7.90. The molecule has 1 aromatic rings. The molecule has 100 valence electrons. The van der Waals surface area contributed by atoms with Gasteiger partial charge in [0.15, 0.2) is 0 Å². The summed E-state index contributed by atoms with van der Waals surface area (Å²) in [5.74, 6) is 0. The molecule has 18 heavy (non-hydrogen) atoms. The van der Waals surface area contributed by atoms with Crippen LogP contribution in [0.4, 0.5) is 5.69 Å². The van der Waals surface area contributed by atoms with E-state index in [0.717, 1.165) is 31.2 Å². The summed E-state index contributed by atoms with van der Waals surface area (Å²) in [7, 11) is -3.21. The minimum Gasteiger partial charge on any atom is -0.328 e. The van der Waals surface area contributed by atoms with E-state index in [1.165, 1.54) is 0 Å². The van der Waals surface area contributed by atoms with Crippen LogP contribution in [0.15, 0.2) is 24.3 Å². The molecule has 1 saturated heterocycles. The Morgan fingerprint density at radius 1 is 1.33 bits per heavy atom. The van der Waals surface area contributed by atoms with E-state index in [9.17, 15) is 8.42 Å². The van der Waals surface area contributed by atoms with Crippen LogP contribution in [0.5, 0.6) is 0 Å². The van der Waals surface area contributed by atoms with Gasteiger partial charge in [-0.1, -0.05) is 12.1 Å². The first-order valence-electron chi connectivity index (χ1n) is 6.01. The second kappa shape index (κ2) is 5.26. The Labute approximate surface area is 108 Å². The third kappa shape index (κ3) is 3.69. The third-order valence-electron chi connectivity index (χ3n) is 3.06. The molecule has 5 nitrogen and oxygen atoms in total. The lowest BCUT2D eigenvalue weighted by Crippen LogP contribution is -2.38. The first kappa shape index (κ1) is 13.3. The number of benzene rings is 1. The van der Waals surface area contributed by atoms with E-state index in [1.807, 2.05) is 12.1 Å². The predicted molar refractivity (Wildman–Crippen MR) is 72.9 cm³/mol. The van der Waals surface area contributed by atoms with Crippen LogP contribution in [0, 0.1) is 0 Å². The van der Waals surface area contributed by atoms with Crippen molar-refractivity contribution in [1.82, 2.24) is 5.32 Å². The largest absolute Gasteiger partial charge is 0.328 e. The number of nitrogens with one attached hydrogen (secondary N) is 2. The van der Waals surface area contributed by atoms with Crippen molar-refractivity contribution in [3.8, 4) is 0 Å². The maximum absolute atomic E-state index is 11.1. The Bertz CT molecular complexity index is 499. The van der Waals surface area contributed by atoms with Gasteiger partial charge in [0.1, 0.15) is 0 Å². The molecule has 0 spiro atoms. The Balaban J connectivity index is 2.07. The van der Waals surface area contributed by atoms with Gasteiger partial charge in [-0.15, -0.1) is 0 Å². The molecule has 1 aromatic carbocycles. The molecule has 0 radical (unpaired) electrons. The summed E-state index contributed by atoms with van der Waals surface area (Å²) >= 11 is 0. The summed E-state index contributed by atoms with van der Waals surface area (Å²) in [4.78, 5) is 0. The van der Waals surface area contributed by atoms with Crippen LogP contribution < -0.4 is 15.8 Å². The van der Waals surface area contributed by atoms with E-state index in [0.29, 0.717) is 5.69 Å². The second-order valence-corrected chi connectivity index (χ2v) is 6.54. The number of piperidine rings is 1. The standard InChI is InChI=1S/C12H19N3O2S/c1-18(16,17)15-11-4-2-9(3-5-11)12-8-10(13)6-7-14-12/h2-5,10,12,14-15H,6-8,13H2,1H3. The minimum atomic E-state index is -3.21. The second-order valence-electron chi connectivity index (χ2n) is 4.79. The fourth-order valence-electron chi connectivity index (χ4n) is 2.20. The summed E-state index contributed by atoms with van der Waals surface area (Å²) < 4.78 is 24.6. The fraction of sp³-hybridized carbons (Fsp3) is 0.500. The molecular weight excluding hydrogens is 250 g/mol. The lowest BCUT2D eigenvalue weighted by atomic mass is 9.94. The molecule has 1 aliphatic heterocycles. The van der Waals surface area contributed by atoms with Crippen LogP contribution in [0.25, 0.3) is 0 Å². The highest BCUT2D eigenvalue weighted by Gasteiger charge is 2.19. The molecule has 6 heteroatoms. The van der Waals surface area contributed by atoms with Gasteiger partial charge in [0.25, 0.3) is 0 Å². The van der Waals surface area contributed by atoms with Gasteiger partial charge in [-0.2, -0.15) is 0 Å². The van der Waals surface area contributed by atoms with Crippen molar-refractivity contribution in [3.63, 3.8) is 0 Å². The van der Waals surface area contributed by atoms with E-state index in [2.05, 4.69) is 10.0 Å². The number of hydrogen-bond acceptors (Lipinski definition) is 4. The number of rotatable bonds is 3. The van der Waals surface area contributed by atoms with Crippen molar-refractivity contribution in [2.24, 2.45) is 5.73 Å². The average molecular weight is 269 g/mol. The van der Waals surface area contributed by atoms with E-state index in [1.54, 1.807) is 12.1 Å². The Morgan fingerprint density at radius 2 is 2.00 bits per heavy atom. The van der Waals surface area contributed by atoms with Gasteiger partial charge in [0.2, 0.25) is 10.0 Å². The summed E-state index contributed by atoms with van der Waals surface area (Å²) in [6.45, 7) is 0.926. The quantitative estimate of drug-likeness (QED) is 0.758. The molecule has 0 amide bonds. The molecule has 0 aliphatic carbocycles. The van der Waals surface area contributed by atoms with Crippen molar-refractivity contribution >= 4 is 15.7 Å². The van der Waals surface area contributed by atoms with Crippen molar-refractivity contribution in [3.05, 3.63) is 29.8 Å². The van der Waals surface area contributed by atoms with Crippen LogP contribution in [0.1, 0.15) is 24.4 Å². The highest BCUT2D eigenvalue weighted by atomic mass is 32.2. The molecule has 2 unspecified atom stereocenters. The summed E-state index contributed by atoms with van der Waals surface area (Å²) in [5.41, 5.74) is 7.67. The molecule has 2 atom stereocenters. The van der Waals surface area contributed by atoms with Gasteiger partial charge >= 0.3 is 0 Å². The molecule has 1 aliphatic rings. The zero-order valence-corrected chi connectivity index (χ0v) is 11.2. The Hall–Kier alpha value is -1.11. The summed E-state index contributed by atoms with van der Waals surface area (Å²) in [6, 6.07) is 7.93. The molecule has 0 aromatic heterocycles. The lowest BCUT2D eigenvalue weighted by molar-refractivity contribution is 0.369. The van der Waals surface area contributed by atoms with Gasteiger partial charge in [-0.25, -0.2) is 8.42 Å². The maximum Gasteiger partial charge on any atom is 0.229 e. The SMILES string of the molecule is CS(=O)(=O)Nc1ccc(C2CC(N)CCN2)cc1. The molecule has 1 fully saturated rings. The van der Waals surface area contributed by atoms with Crippen LogP contribution in [0.2, 0.25) is 0 Å². The van der Waals surface area contributed by atoms with Gasteiger partial charge in [-0.3, -0.25) is 4.72 Å². The zero-order valence-electron chi connectivity index (χ0n) is 10.4. The zero-order chi connectivity index (χ0) is 13.2. The summed E-state index contributed by atoms with van der Waals surface area (Å²) in [5, 5.41) is 3.41. The molecule has 2 rings (SSSR count). The van der Waals surface area contributed by atoms with E-state index >= 15 is 0 Å². The monoisotopic (exact) mass is 269 g/mol. The number of sulfonamides is 1. The van der Waals surface area contributed by atoms with Gasteiger partial charge in [-0.05, 0) is 37.1 Å². The third-order valence-corrected chi connectivity index (χ3v) is 3.67. The Morgan fingerprint density at radius 3 is 2.56 bits per heavy atom. The van der Waals surface area contributed by atoms with Gasteiger partial charge < -0.3 is 11.1 Å². The smallest absolute Gasteiger partial charge is 0.229 e.